The second-order valence-electron chi connectivity index (χ2n) is 22.3. The maximum absolute atomic E-state index is 12.9. The molecule has 0 radical (unpaired) electrons. The van der Waals surface area contributed by atoms with E-state index in [1.165, 1.54) is 199 Å². The van der Waals surface area contributed by atoms with Gasteiger partial charge in [0.2, 0.25) is 0 Å². The van der Waals surface area contributed by atoms with Crippen molar-refractivity contribution >= 4 is 17.9 Å². The molecule has 6 nitrogen and oxygen atoms in total. The van der Waals surface area contributed by atoms with Crippen molar-refractivity contribution in [3.05, 3.63) is 97.2 Å². The highest BCUT2D eigenvalue weighted by molar-refractivity contribution is 5.71. The molecule has 1 atom stereocenters. The predicted octanol–water partition coefficient (Wildman–Crippen LogP) is 23.2. The van der Waals surface area contributed by atoms with Crippen molar-refractivity contribution in [3.63, 3.8) is 0 Å². The summed E-state index contributed by atoms with van der Waals surface area (Å²) >= 11 is 0. The second-order valence-corrected chi connectivity index (χ2v) is 22.3. The van der Waals surface area contributed by atoms with Crippen molar-refractivity contribution < 1.29 is 28.6 Å². The van der Waals surface area contributed by atoms with Gasteiger partial charge >= 0.3 is 17.9 Å². The summed E-state index contributed by atoms with van der Waals surface area (Å²) < 4.78 is 16.9. The fourth-order valence-corrected chi connectivity index (χ4v) is 9.52. The van der Waals surface area contributed by atoms with E-state index in [-0.39, 0.29) is 37.5 Å². The standard InChI is InChI=1S/C73H126O6/c1-4-7-10-13-16-19-22-25-27-29-31-33-35-36-38-39-41-43-45-48-51-54-57-60-63-66-72(75)78-69-70(68-77-71(74)65-62-59-56-53-50-47-24-21-18-15-12-9-6-3)79-73(76)67-64-61-58-55-52-49-46-44-42-40-37-34-32-30-28-26-23-20-17-14-11-8-5-2/h9,12,18,21,23,26,29-32,37,40,47,50,56,59,70H,4-8,10-11,13-17,19-20,22,24-25,27-28,33-36,38-39,41-46,48-49,51-55,57-58,60-69H2,1-3H3/b12-9-,21-18-,26-23-,31-29-,32-30-,40-37-,50-47-,59-56-. The highest BCUT2D eigenvalue weighted by atomic mass is 16.6. The summed E-state index contributed by atoms with van der Waals surface area (Å²) in [6, 6.07) is 0. The molecule has 0 bridgehead atoms. The fraction of sp³-hybridized carbons (Fsp3) is 0.740. The van der Waals surface area contributed by atoms with Crippen molar-refractivity contribution in [2.24, 2.45) is 0 Å². The first-order valence-corrected chi connectivity index (χ1v) is 33.7. The van der Waals surface area contributed by atoms with E-state index >= 15 is 0 Å². The molecule has 0 aliphatic heterocycles. The summed E-state index contributed by atoms with van der Waals surface area (Å²) in [5.74, 6) is -0.983. The number of carbonyl (C=O) groups excluding carboxylic acids is 3. The molecule has 0 aromatic heterocycles. The van der Waals surface area contributed by atoms with Gasteiger partial charge < -0.3 is 14.2 Å². The van der Waals surface area contributed by atoms with Crippen molar-refractivity contribution in [1.82, 2.24) is 0 Å². The van der Waals surface area contributed by atoms with Gasteiger partial charge in [-0.05, 0) is 109 Å². The SMILES string of the molecule is CC/C=C\C/C=C\C/C=C\C/C=C\CCC(=O)OCC(COC(=O)CCCCCCCCCCCCCCC/C=C\CCCCCCCCCC)OC(=O)CCCCCCCCCC/C=C\C/C=C\C/C=C\CCCCCCC. The Labute approximate surface area is 489 Å². The lowest BCUT2D eigenvalue weighted by molar-refractivity contribution is -0.166. The minimum atomic E-state index is -0.812. The predicted molar refractivity (Wildman–Crippen MR) is 344 cm³/mol. The summed E-state index contributed by atoms with van der Waals surface area (Å²) in [7, 11) is 0. The first kappa shape index (κ1) is 75.3. The van der Waals surface area contributed by atoms with Crippen LogP contribution in [-0.2, 0) is 28.6 Å². The van der Waals surface area contributed by atoms with Crippen molar-refractivity contribution in [1.29, 1.82) is 0 Å². The number of esters is 3. The second kappa shape index (κ2) is 66.8. The molecule has 0 saturated carbocycles. The molecule has 454 valence electrons. The number of rotatable bonds is 61. The maximum Gasteiger partial charge on any atom is 0.306 e. The summed E-state index contributed by atoms with van der Waals surface area (Å²) in [5, 5.41) is 0. The van der Waals surface area contributed by atoms with Crippen LogP contribution in [0, 0.1) is 0 Å². The summed E-state index contributed by atoms with van der Waals surface area (Å²) in [6.45, 7) is 6.48. The molecule has 79 heavy (non-hydrogen) atoms. The zero-order valence-corrected chi connectivity index (χ0v) is 52.1. The first-order valence-electron chi connectivity index (χ1n) is 33.7. The smallest absolute Gasteiger partial charge is 0.306 e. The Kier molecular flexibility index (Phi) is 63.7. The van der Waals surface area contributed by atoms with Gasteiger partial charge in [0.05, 0.1) is 0 Å². The summed E-state index contributed by atoms with van der Waals surface area (Å²) in [6.07, 6.45) is 90.2. The molecule has 0 N–H and O–H groups in total. The van der Waals surface area contributed by atoms with E-state index in [1.807, 2.05) is 6.08 Å². The van der Waals surface area contributed by atoms with Gasteiger partial charge in [0.15, 0.2) is 6.10 Å². The van der Waals surface area contributed by atoms with Crippen LogP contribution < -0.4 is 0 Å². The van der Waals surface area contributed by atoms with Crippen LogP contribution in [0.15, 0.2) is 97.2 Å². The molecule has 0 spiro atoms. The van der Waals surface area contributed by atoms with E-state index in [0.717, 1.165) is 83.5 Å². The molecule has 0 aromatic carbocycles. The first-order chi connectivity index (χ1) is 39.0. The van der Waals surface area contributed by atoms with E-state index in [4.69, 9.17) is 14.2 Å². The summed E-state index contributed by atoms with van der Waals surface area (Å²) in [4.78, 5) is 38.3. The van der Waals surface area contributed by atoms with Gasteiger partial charge in [0, 0.05) is 19.3 Å². The molecule has 0 rings (SSSR count). The number of hydrogen-bond acceptors (Lipinski definition) is 6. The van der Waals surface area contributed by atoms with Crippen LogP contribution >= 0.6 is 0 Å². The van der Waals surface area contributed by atoms with Crippen LogP contribution in [0.5, 0.6) is 0 Å². The number of unbranched alkanes of at least 4 members (excludes halogenated alkanes) is 34. The van der Waals surface area contributed by atoms with Gasteiger partial charge in [-0.1, -0.05) is 298 Å². The Balaban J connectivity index is 4.34. The fourth-order valence-electron chi connectivity index (χ4n) is 9.52. The van der Waals surface area contributed by atoms with Gasteiger partial charge in [-0.2, -0.15) is 0 Å². The maximum atomic E-state index is 12.9. The van der Waals surface area contributed by atoms with Gasteiger partial charge in [-0.25, -0.2) is 0 Å². The Hall–Kier alpha value is -3.67. The molecule has 1 unspecified atom stereocenters. The topological polar surface area (TPSA) is 78.9 Å². The van der Waals surface area contributed by atoms with E-state index in [9.17, 15) is 14.4 Å². The van der Waals surface area contributed by atoms with Gasteiger partial charge in [0.1, 0.15) is 13.2 Å². The molecule has 0 saturated heterocycles. The molecule has 0 heterocycles. The normalized spacial score (nSPS) is 12.7. The van der Waals surface area contributed by atoms with Gasteiger partial charge in [-0.3, -0.25) is 14.4 Å². The van der Waals surface area contributed by atoms with Crippen LogP contribution in [-0.4, -0.2) is 37.2 Å². The molecule has 0 amide bonds. The van der Waals surface area contributed by atoms with Crippen LogP contribution in [0.4, 0.5) is 0 Å². The highest BCUT2D eigenvalue weighted by Crippen LogP contribution is 2.16. The number of ether oxygens (including phenoxy) is 3. The zero-order valence-electron chi connectivity index (χ0n) is 52.1. The number of allylic oxidation sites excluding steroid dienone is 16. The molecule has 6 heteroatoms. The monoisotopic (exact) mass is 1100 g/mol. The number of hydrogen-bond donors (Lipinski definition) is 0. The minimum absolute atomic E-state index is 0.102. The quantitative estimate of drug-likeness (QED) is 0.0261. The zero-order chi connectivity index (χ0) is 57.1. The Morgan fingerprint density at radius 1 is 0.266 bits per heavy atom. The number of carbonyl (C=O) groups is 3. The lowest BCUT2D eigenvalue weighted by atomic mass is 10.0. The molecular formula is C73H126O6. The lowest BCUT2D eigenvalue weighted by Crippen LogP contribution is -2.30. The Bertz CT molecular complexity index is 1540. The van der Waals surface area contributed by atoms with E-state index in [1.54, 1.807) is 0 Å². The molecular weight excluding hydrogens is 973 g/mol. The van der Waals surface area contributed by atoms with Crippen molar-refractivity contribution in [2.45, 2.75) is 335 Å². The van der Waals surface area contributed by atoms with Crippen LogP contribution in [0.25, 0.3) is 0 Å². The Morgan fingerprint density at radius 3 is 0.861 bits per heavy atom. The van der Waals surface area contributed by atoms with Crippen molar-refractivity contribution in [3.8, 4) is 0 Å². The third-order valence-corrected chi connectivity index (χ3v) is 14.6. The molecule has 0 aliphatic rings. The average Bonchev–Trinajstić information content (AvgIpc) is 3.45. The van der Waals surface area contributed by atoms with Gasteiger partial charge in [-0.15, -0.1) is 0 Å². The Morgan fingerprint density at radius 2 is 0.519 bits per heavy atom. The van der Waals surface area contributed by atoms with Crippen LogP contribution in [0.1, 0.15) is 329 Å². The van der Waals surface area contributed by atoms with Crippen LogP contribution in [0.3, 0.4) is 0 Å². The average molecular weight is 1100 g/mol. The summed E-state index contributed by atoms with van der Waals surface area (Å²) in [5.41, 5.74) is 0. The van der Waals surface area contributed by atoms with Crippen LogP contribution in [0.2, 0.25) is 0 Å². The van der Waals surface area contributed by atoms with E-state index < -0.39 is 6.10 Å². The third kappa shape index (κ3) is 65.0. The minimum Gasteiger partial charge on any atom is -0.462 e. The lowest BCUT2D eigenvalue weighted by Gasteiger charge is -2.18. The highest BCUT2D eigenvalue weighted by Gasteiger charge is 2.19. The van der Waals surface area contributed by atoms with Gasteiger partial charge in [0.25, 0.3) is 0 Å². The van der Waals surface area contributed by atoms with E-state index in [0.29, 0.717) is 19.3 Å². The molecule has 0 aliphatic carbocycles. The molecule has 0 aromatic rings. The van der Waals surface area contributed by atoms with Crippen molar-refractivity contribution in [2.75, 3.05) is 13.2 Å². The third-order valence-electron chi connectivity index (χ3n) is 14.6. The van der Waals surface area contributed by atoms with E-state index in [2.05, 4.69) is 112 Å². The largest absolute Gasteiger partial charge is 0.462 e. The molecule has 0 fully saturated rings.